The SMILES string of the molecule is CCC(C)[C@H](O)[C@H](N)c1cc(C(F)(F)F)cc(Cl)c1F.Cl. The highest BCUT2D eigenvalue weighted by atomic mass is 35.5. The standard InChI is InChI=1S/C13H16ClF4NO.ClH/c1-3-6(2)12(20)11(19)8-4-7(13(16,17)18)5-9(14)10(8)15;/h4-6,11-12,20H,3,19H2,1-2H3;1H/t6?,11-,12+;/m1./s1. The molecule has 3 N–H and O–H groups in total. The van der Waals surface area contributed by atoms with E-state index in [0.29, 0.717) is 18.6 Å². The number of hydrogen-bond acceptors (Lipinski definition) is 2. The van der Waals surface area contributed by atoms with Crippen LogP contribution in [-0.2, 0) is 6.18 Å². The van der Waals surface area contributed by atoms with E-state index in [4.69, 9.17) is 17.3 Å². The van der Waals surface area contributed by atoms with Crippen LogP contribution in [0.1, 0.15) is 37.4 Å². The van der Waals surface area contributed by atoms with Crippen molar-refractivity contribution in [2.75, 3.05) is 0 Å². The Labute approximate surface area is 131 Å². The van der Waals surface area contributed by atoms with Crippen LogP contribution in [0.4, 0.5) is 17.6 Å². The fourth-order valence-corrected chi connectivity index (χ4v) is 2.02. The van der Waals surface area contributed by atoms with E-state index in [0.717, 1.165) is 0 Å². The summed E-state index contributed by atoms with van der Waals surface area (Å²) >= 11 is 5.48. The van der Waals surface area contributed by atoms with Gasteiger partial charge < -0.3 is 10.8 Å². The van der Waals surface area contributed by atoms with E-state index in [-0.39, 0.29) is 18.3 Å². The van der Waals surface area contributed by atoms with Crippen LogP contribution < -0.4 is 5.73 Å². The Balaban J connectivity index is 0.00000400. The first-order chi connectivity index (χ1) is 9.09. The third-order valence-electron chi connectivity index (χ3n) is 3.34. The number of hydrogen-bond donors (Lipinski definition) is 2. The quantitative estimate of drug-likeness (QED) is 0.795. The van der Waals surface area contributed by atoms with Gasteiger partial charge >= 0.3 is 6.18 Å². The van der Waals surface area contributed by atoms with E-state index < -0.39 is 40.3 Å². The number of alkyl halides is 3. The number of benzene rings is 1. The zero-order valence-electron chi connectivity index (χ0n) is 11.4. The van der Waals surface area contributed by atoms with E-state index >= 15 is 0 Å². The summed E-state index contributed by atoms with van der Waals surface area (Å²) in [5.74, 6) is -1.31. The van der Waals surface area contributed by atoms with Crippen LogP contribution in [0.3, 0.4) is 0 Å². The van der Waals surface area contributed by atoms with Crippen LogP contribution in [0.15, 0.2) is 12.1 Å². The van der Waals surface area contributed by atoms with E-state index in [1.807, 2.05) is 0 Å². The normalized spacial score (nSPS) is 16.0. The molecule has 1 unspecified atom stereocenters. The minimum Gasteiger partial charge on any atom is -0.391 e. The minimum absolute atomic E-state index is 0. The second-order valence-electron chi connectivity index (χ2n) is 4.76. The van der Waals surface area contributed by atoms with Crippen molar-refractivity contribution >= 4 is 24.0 Å². The average Bonchev–Trinajstić information content (AvgIpc) is 2.37. The summed E-state index contributed by atoms with van der Waals surface area (Å²) in [5, 5.41) is 9.27. The summed E-state index contributed by atoms with van der Waals surface area (Å²) in [5.41, 5.74) is 4.16. The van der Waals surface area contributed by atoms with Crippen molar-refractivity contribution < 1.29 is 22.7 Å². The Kier molecular flexibility index (Phi) is 7.42. The molecule has 0 aliphatic rings. The number of nitrogens with two attached hydrogens (primary N) is 1. The Morgan fingerprint density at radius 1 is 1.33 bits per heavy atom. The van der Waals surface area contributed by atoms with Gasteiger partial charge in [-0.05, 0) is 18.1 Å². The number of aliphatic hydroxyl groups is 1. The number of halogens is 6. The van der Waals surface area contributed by atoms with E-state index in [1.165, 1.54) is 0 Å². The molecule has 0 heterocycles. The fourth-order valence-electron chi connectivity index (χ4n) is 1.80. The molecule has 0 fully saturated rings. The van der Waals surface area contributed by atoms with E-state index in [2.05, 4.69) is 0 Å². The molecular formula is C13H17Cl2F4NO. The van der Waals surface area contributed by atoms with Crippen molar-refractivity contribution in [3.63, 3.8) is 0 Å². The maximum Gasteiger partial charge on any atom is 0.416 e. The average molecular weight is 350 g/mol. The summed E-state index contributed by atoms with van der Waals surface area (Å²) in [6.45, 7) is 3.47. The topological polar surface area (TPSA) is 46.2 Å². The maximum atomic E-state index is 13.9. The zero-order chi connectivity index (χ0) is 15.7. The molecule has 122 valence electrons. The molecule has 0 aliphatic heterocycles. The van der Waals surface area contributed by atoms with Crippen LogP contribution in [0.2, 0.25) is 5.02 Å². The molecule has 1 aromatic carbocycles. The van der Waals surface area contributed by atoms with Crippen molar-refractivity contribution in [2.24, 2.45) is 11.7 Å². The summed E-state index contributed by atoms with van der Waals surface area (Å²) < 4.78 is 51.9. The Hall–Kier alpha value is -0.560. The van der Waals surface area contributed by atoms with Crippen molar-refractivity contribution in [1.29, 1.82) is 0 Å². The molecule has 1 aromatic rings. The Morgan fingerprint density at radius 3 is 2.29 bits per heavy atom. The van der Waals surface area contributed by atoms with Crippen LogP contribution in [0.25, 0.3) is 0 Å². The highest BCUT2D eigenvalue weighted by molar-refractivity contribution is 6.30. The van der Waals surface area contributed by atoms with Gasteiger partial charge in [-0.1, -0.05) is 31.9 Å². The minimum atomic E-state index is -4.66. The van der Waals surface area contributed by atoms with Gasteiger partial charge in [-0.3, -0.25) is 0 Å². The highest BCUT2D eigenvalue weighted by Crippen LogP contribution is 2.36. The monoisotopic (exact) mass is 349 g/mol. The van der Waals surface area contributed by atoms with Gasteiger partial charge in [0.2, 0.25) is 0 Å². The number of rotatable bonds is 4. The first-order valence-electron chi connectivity index (χ1n) is 6.09. The maximum absolute atomic E-state index is 13.9. The molecule has 0 saturated carbocycles. The molecule has 2 nitrogen and oxygen atoms in total. The smallest absolute Gasteiger partial charge is 0.391 e. The zero-order valence-corrected chi connectivity index (χ0v) is 13.0. The third-order valence-corrected chi connectivity index (χ3v) is 3.61. The first kappa shape index (κ1) is 20.4. The lowest BCUT2D eigenvalue weighted by Crippen LogP contribution is -2.32. The molecular weight excluding hydrogens is 333 g/mol. The van der Waals surface area contributed by atoms with Crippen LogP contribution in [0, 0.1) is 11.7 Å². The third kappa shape index (κ3) is 4.71. The summed E-state index contributed by atoms with van der Waals surface area (Å²) in [6, 6.07) is -0.176. The van der Waals surface area contributed by atoms with Gasteiger partial charge in [-0.15, -0.1) is 12.4 Å². The lowest BCUT2D eigenvalue weighted by atomic mass is 9.90. The molecule has 21 heavy (non-hydrogen) atoms. The van der Waals surface area contributed by atoms with Crippen LogP contribution in [0.5, 0.6) is 0 Å². The van der Waals surface area contributed by atoms with Gasteiger partial charge in [-0.2, -0.15) is 13.2 Å². The first-order valence-corrected chi connectivity index (χ1v) is 6.47. The molecule has 0 amide bonds. The van der Waals surface area contributed by atoms with Gasteiger partial charge in [0.25, 0.3) is 0 Å². The molecule has 0 saturated heterocycles. The second-order valence-corrected chi connectivity index (χ2v) is 5.17. The van der Waals surface area contributed by atoms with Gasteiger partial charge in [0.15, 0.2) is 0 Å². The van der Waals surface area contributed by atoms with Crippen molar-refractivity contribution in [2.45, 2.75) is 38.6 Å². The largest absolute Gasteiger partial charge is 0.416 e. The predicted molar refractivity (Wildman–Crippen MR) is 76.1 cm³/mol. The lowest BCUT2D eigenvalue weighted by molar-refractivity contribution is -0.137. The number of aliphatic hydroxyl groups excluding tert-OH is 1. The van der Waals surface area contributed by atoms with E-state index in [1.54, 1.807) is 13.8 Å². The van der Waals surface area contributed by atoms with E-state index in [9.17, 15) is 22.7 Å². The molecule has 0 radical (unpaired) electrons. The van der Waals surface area contributed by atoms with Gasteiger partial charge in [0, 0.05) is 5.56 Å². The summed E-state index contributed by atoms with van der Waals surface area (Å²) in [4.78, 5) is 0. The van der Waals surface area contributed by atoms with Crippen molar-refractivity contribution in [3.8, 4) is 0 Å². The van der Waals surface area contributed by atoms with Gasteiger partial charge in [0.05, 0.1) is 22.7 Å². The van der Waals surface area contributed by atoms with Crippen molar-refractivity contribution in [3.05, 3.63) is 34.1 Å². The molecule has 0 aromatic heterocycles. The molecule has 0 bridgehead atoms. The Morgan fingerprint density at radius 2 is 1.86 bits per heavy atom. The second kappa shape index (κ2) is 7.63. The molecule has 0 spiro atoms. The summed E-state index contributed by atoms with van der Waals surface area (Å²) in [6.07, 6.45) is -5.26. The van der Waals surface area contributed by atoms with Gasteiger partial charge in [0.1, 0.15) is 5.82 Å². The molecule has 8 heteroatoms. The van der Waals surface area contributed by atoms with Crippen molar-refractivity contribution in [1.82, 2.24) is 0 Å². The fraction of sp³-hybridized carbons (Fsp3) is 0.538. The molecule has 0 aliphatic carbocycles. The van der Waals surface area contributed by atoms with Crippen LogP contribution in [-0.4, -0.2) is 11.2 Å². The molecule has 3 atom stereocenters. The van der Waals surface area contributed by atoms with Crippen LogP contribution >= 0.6 is 24.0 Å². The molecule has 1 rings (SSSR count). The van der Waals surface area contributed by atoms with Gasteiger partial charge in [-0.25, -0.2) is 4.39 Å². The predicted octanol–water partition coefficient (Wildman–Crippen LogP) is 4.33. The summed E-state index contributed by atoms with van der Waals surface area (Å²) in [7, 11) is 0. The Bertz CT molecular complexity index is 482. The lowest BCUT2D eigenvalue weighted by Gasteiger charge is -2.25. The highest BCUT2D eigenvalue weighted by Gasteiger charge is 2.34.